The Morgan fingerprint density at radius 1 is 1.00 bits per heavy atom. The van der Waals surface area contributed by atoms with E-state index >= 15 is 0 Å². The summed E-state index contributed by atoms with van der Waals surface area (Å²) in [6.45, 7) is 2.98. The van der Waals surface area contributed by atoms with Crippen molar-refractivity contribution in [3.05, 3.63) is 58.1 Å². The average molecular weight is 453 g/mol. The van der Waals surface area contributed by atoms with Crippen LogP contribution >= 0.6 is 23.2 Å². The molecule has 2 aromatic rings. The molecular weight excluding hydrogens is 431 g/mol. The number of methoxy groups -OCH3 is 1. The van der Waals surface area contributed by atoms with Crippen LogP contribution in [0.4, 0.5) is 5.69 Å². The number of halogens is 2. The molecule has 2 rings (SSSR count). The summed E-state index contributed by atoms with van der Waals surface area (Å²) < 4.78 is 10.3. The lowest BCUT2D eigenvalue weighted by Gasteiger charge is -2.21. The number of amides is 2. The molecule has 160 valence electrons. The Hall–Kier alpha value is -2.77. The molecule has 1 unspecified atom stereocenters. The number of ether oxygens (including phenoxy) is 2. The zero-order chi connectivity index (χ0) is 22.3. The smallest absolute Gasteiger partial charge is 0.329 e. The van der Waals surface area contributed by atoms with E-state index in [2.05, 4.69) is 10.6 Å². The molecule has 2 amide bonds. The fourth-order valence-electron chi connectivity index (χ4n) is 2.51. The number of nitrogens with one attached hydrogen (secondary N) is 2. The highest BCUT2D eigenvalue weighted by molar-refractivity contribution is 6.31. The van der Waals surface area contributed by atoms with Crippen LogP contribution in [0.1, 0.15) is 24.2 Å². The van der Waals surface area contributed by atoms with Crippen LogP contribution in [0.2, 0.25) is 10.0 Å². The summed E-state index contributed by atoms with van der Waals surface area (Å²) in [4.78, 5) is 37.0. The summed E-state index contributed by atoms with van der Waals surface area (Å²) in [5, 5.41) is 6.10. The summed E-state index contributed by atoms with van der Waals surface area (Å²) in [6.07, 6.45) is 0. The van der Waals surface area contributed by atoms with Crippen LogP contribution in [-0.2, 0) is 14.3 Å². The molecule has 0 saturated heterocycles. The van der Waals surface area contributed by atoms with Gasteiger partial charge in [-0.1, -0.05) is 37.0 Å². The Bertz CT molecular complexity index is 916. The van der Waals surface area contributed by atoms with E-state index in [1.165, 1.54) is 13.2 Å². The number of carbonyl (C=O) groups is 3. The van der Waals surface area contributed by atoms with Gasteiger partial charge in [-0.2, -0.15) is 0 Å². The van der Waals surface area contributed by atoms with E-state index in [1.54, 1.807) is 50.2 Å². The lowest BCUT2D eigenvalue weighted by Crippen LogP contribution is -2.45. The lowest BCUT2D eigenvalue weighted by molar-refractivity contribution is -0.150. The third-order valence-electron chi connectivity index (χ3n) is 4.09. The van der Waals surface area contributed by atoms with Crippen LogP contribution in [0.5, 0.6) is 5.75 Å². The number of carbonyl (C=O) groups excluding carboxylic acids is 3. The van der Waals surface area contributed by atoms with E-state index in [0.717, 1.165) is 0 Å². The second-order valence-corrected chi connectivity index (χ2v) is 7.58. The fourth-order valence-corrected chi connectivity index (χ4v) is 2.81. The topological polar surface area (TPSA) is 93.7 Å². The molecule has 2 aromatic carbocycles. The van der Waals surface area contributed by atoms with Gasteiger partial charge < -0.3 is 20.1 Å². The van der Waals surface area contributed by atoms with Crippen molar-refractivity contribution in [2.75, 3.05) is 19.0 Å². The maximum Gasteiger partial charge on any atom is 0.329 e. The third-order valence-corrected chi connectivity index (χ3v) is 4.58. The first-order chi connectivity index (χ1) is 14.2. The van der Waals surface area contributed by atoms with Crippen LogP contribution in [0, 0.1) is 5.92 Å². The van der Waals surface area contributed by atoms with E-state index in [-0.39, 0.29) is 5.92 Å². The summed E-state index contributed by atoms with van der Waals surface area (Å²) in [5.74, 6) is -1.59. The van der Waals surface area contributed by atoms with Crippen molar-refractivity contribution in [2.24, 2.45) is 5.92 Å². The predicted molar refractivity (Wildman–Crippen MR) is 115 cm³/mol. The summed E-state index contributed by atoms with van der Waals surface area (Å²) in [7, 11) is 1.45. The zero-order valence-corrected chi connectivity index (χ0v) is 18.2. The fraction of sp³-hybridized carbons (Fsp3) is 0.286. The Morgan fingerprint density at radius 2 is 1.63 bits per heavy atom. The molecule has 0 fully saturated rings. The maximum absolute atomic E-state index is 12.5. The number of anilines is 1. The van der Waals surface area contributed by atoms with Crippen molar-refractivity contribution in [1.82, 2.24) is 5.32 Å². The molecule has 0 saturated carbocycles. The van der Waals surface area contributed by atoms with Gasteiger partial charge in [0.05, 0.1) is 12.8 Å². The van der Waals surface area contributed by atoms with Gasteiger partial charge in [0.1, 0.15) is 11.8 Å². The highest BCUT2D eigenvalue weighted by atomic mass is 35.5. The molecule has 0 aliphatic heterocycles. The number of hydrogen-bond acceptors (Lipinski definition) is 5. The Labute approximate surface area is 184 Å². The predicted octanol–water partition coefficient (Wildman–Crippen LogP) is 3.94. The second-order valence-electron chi connectivity index (χ2n) is 6.70. The molecule has 0 aliphatic rings. The van der Waals surface area contributed by atoms with Gasteiger partial charge in [-0.05, 0) is 48.4 Å². The van der Waals surface area contributed by atoms with E-state index < -0.39 is 30.4 Å². The largest absolute Gasteiger partial charge is 0.495 e. The molecule has 0 aliphatic carbocycles. The molecule has 1 atom stereocenters. The van der Waals surface area contributed by atoms with Gasteiger partial charge in [-0.15, -0.1) is 0 Å². The number of rotatable bonds is 8. The maximum atomic E-state index is 12.5. The van der Waals surface area contributed by atoms with Crippen molar-refractivity contribution in [3.8, 4) is 5.75 Å². The third kappa shape index (κ3) is 6.64. The first-order valence-corrected chi connectivity index (χ1v) is 9.83. The number of benzene rings is 2. The van der Waals surface area contributed by atoms with E-state index in [1.807, 2.05) is 0 Å². The molecule has 9 heteroatoms. The van der Waals surface area contributed by atoms with E-state index in [4.69, 9.17) is 32.7 Å². The Balaban J connectivity index is 1.96. The highest BCUT2D eigenvalue weighted by Crippen LogP contribution is 2.27. The second kappa shape index (κ2) is 10.8. The molecule has 30 heavy (non-hydrogen) atoms. The molecule has 0 radical (unpaired) electrons. The minimum atomic E-state index is -0.929. The highest BCUT2D eigenvalue weighted by Gasteiger charge is 2.27. The van der Waals surface area contributed by atoms with Gasteiger partial charge in [0, 0.05) is 15.6 Å². The van der Waals surface area contributed by atoms with Crippen molar-refractivity contribution < 1.29 is 23.9 Å². The van der Waals surface area contributed by atoms with Gasteiger partial charge in [0.15, 0.2) is 6.61 Å². The van der Waals surface area contributed by atoms with Crippen LogP contribution in [0.3, 0.4) is 0 Å². The van der Waals surface area contributed by atoms with Gasteiger partial charge in [0.2, 0.25) is 0 Å². The molecule has 7 nitrogen and oxygen atoms in total. The zero-order valence-electron chi connectivity index (χ0n) is 16.7. The van der Waals surface area contributed by atoms with Crippen molar-refractivity contribution in [1.29, 1.82) is 0 Å². The molecule has 2 N–H and O–H groups in total. The SMILES string of the molecule is COc1ccc(Cl)cc1NC(=O)COC(=O)C(NC(=O)c1ccc(Cl)cc1)C(C)C. The summed E-state index contributed by atoms with van der Waals surface area (Å²) in [5.41, 5.74) is 0.700. The van der Waals surface area contributed by atoms with Crippen molar-refractivity contribution >= 4 is 46.7 Å². The Morgan fingerprint density at radius 3 is 2.23 bits per heavy atom. The monoisotopic (exact) mass is 452 g/mol. The van der Waals surface area contributed by atoms with Gasteiger partial charge >= 0.3 is 5.97 Å². The van der Waals surface area contributed by atoms with Crippen molar-refractivity contribution in [2.45, 2.75) is 19.9 Å². The number of hydrogen-bond donors (Lipinski definition) is 2. The molecule has 0 spiro atoms. The van der Waals surface area contributed by atoms with Crippen LogP contribution < -0.4 is 15.4 Å². The molecular formula is C21H22Cl2N2O5. The van der Waals surface area contributed by atoms with Crippen molar-refractivity contribution in [3.63, 3.8) is 0 Å². The Kier molecular flexibility index (Phi) is 8.50. The molecule has 0 bridgehead atoms. The summed E-state index contributed by atoms with van der Waals surface area (Å²) >= 11 is 11.7. The average Bonchev–Trinajstić information content (AvgIpc) is 2.70. The van der Waals surface area contributed by atoms with E-state index in [9.17, 15) is 14.4 Å². The van der Waals surface area contributed by atoms with Gasteiger partial charge in [-0.3, -0.25) is 9.59 Å². The lowest BCUT2D eigenvalue weighted by atomic mass is 10.0. The van der Waals surface area contributed by atoms with Gasteiger partial charge in [0.25, 0.3) is 11.8 Å². The standard InChI is InChI=1S/C21H22Cl2N2O5/c1-12(2)19(25-20(27)13-4-6-14(22)7-5-13)21(28)30-11-18(26)24-16-10-15(23)8-9-17(16)29-3/h4-10,12,19H,11H2,1-3H3,(H,24,26)(H,25,27). The van der Waals surface area contributed by atoms with E-state index in [0.29, 0.717) is 27.0 Å². The minimum absolute atomic E-state index is 0.259. The first kappa shape index (κ1) is 23.5. The van der Waals surface area contributed by atoms with Crippen LogP contribution in [0.15, 0.2) is 42.5 Å². The first-order valence-electron chi connectivity index (χ1n) is 9.07. The quantitative estimate of drug-likeness (QED) is 0.591. The normalized spacial score (nSPS) is 11.5. The number of esters is 1. The van der Waals surface area contributed by atoms with Crippen LogP contribution in [0.25, 0.3) is 0 Å². The summed E-state index contributed by atoms with van der Waals surface area (Å²) in [6, 6.07) is 10.1. The minimum Gasteiger partial charge on any atom is -0.495 e. The molecule has 0 aromatic heterocycles. The van der Waals surface area contributed by atoms with Crippen LogP contribution in [-0.4, -0.2) is 37.5 Å². The van der Waals surface area contributed by atoms with Gasteiger partial charge in [-0.25, -0.2) is 4.79 Å². The molecule has 0 heterocycles.